The van der Waals surface area contributed by atoms with Gasteiger partial charge in [0, 0.05) is 22.2 Å². The van der Waals surface area contributed by atoms with E-state index in [4.69, 9.17) is 11.6 Å². The fraction of sp³-hybridized carbons (Fsp3) is 0.278. The largest absolute Gasteiger partial charge is 0.345 e. The van der Waals surface area contributed by atoms with Crippen molar-refractivity contribution in [1.29, 1.82) is 0 Å². The monoisotopic (exact) mass is 353 g/mol. The fourth-order valence-electron chi connectivity index (χ4n) is 2.42. The lowest BCUT2D eigenvalue weighted by Crippen LogP contribution is -2.87. The van der Waals surface area contributed by atoms with Crippen molar-refractivity contribution >= 4 is 17.5 Å². The normalized spacial score (nSPS) is 13.4. The number of carbonyl (C=O) groups is 1. The second kappa shape index (κ2) is 8.22. The van der Waals surface area contributed by atoms with Crippen molar-refractivity contribution in [2.45, 2.75) is 25.9 Å². The van der Waals surface area contributed by atoms with E-state index in [2.05, 4.69) is 5.32 Å². The summed E-state index contributed by atoms with van der Waals surface area (Å²) in [7, 11) is 0. The fourth-order valence-corrected chi connectivity index (χ4v) is 2.54. The number of carbonyl (C=O) groups excluding carboxylic acids is 1. The van der Waals surface area contributed by atoms with Crippen LogP contribution in [0.3, 0.4) is 0 Å². The third-order valence-electron chi connectivity index (χ3n) is 3.86. The van der Waals surface area contributed by atoms with Crippen LogP contribution in [-0.2, 0) is 4.79 Å². The van der Waals surface area contributed by atoms with Crippen LogP contribution in [0.5, 0.6) is 0 Å². The molecule has 2 rings (SSSR count). The molecule has 0 aliphatic carbocycles. The molecule has 0 fully saturated rings. The zero-order valence-electron chi connectivity index (χ0n) is 13.5. The molecular formula is C18H20ClF2N2O+. The lowest BCUT2D eigenvalue weighted by Gasteiger charge is -2.16. The summed E-state index contributed by atoms with van der Waals surface area (Å²) in [5.41, 5.74) is 1.32. The number of amides is 1. The Morgan fingerprint density at radius 1 is 1.17 bits per heavy atom. The molecular weight excluding hydrogens is 334 g/mol. The van der Waals surface area contributed by atoms with E-state index in [0.29, 0.717) is 5.02 Å². The predicted octanol–water partition coefficient (Wildman–Crippen LogP) is 3.12. The van der Waals surface area contributed by atoms with Crippen LogP contribution in [0.1, 0.15) is 37.1 Å². The summed E-state index contributed by atoms with van der Waals surface area (Å²) in [5, 5.41) is 5.27. The minimum Gasteiger partial charge on any atom is -0.345 e. The molecule has 0 saturated carbocycles. The minimum absolute atomic E-state index is 0.0888. The van der Waals surface area contributed by atoms with Crippen LogP contribution in [0.4, 0.5) is 8.78 Å². The van der Waals surface area contributed by atoms with Gasteiger partial charge in [-0.3, -0.25) is 4.79 Å². The summed E-state index contributed by atoms with van der Waals surface area (Å²) in [5.74, 6) is -1.52. The lowest BCUT2D eigenvalue weighted by atomic mass is 10.1. The molecule has 3 nitrogen and oxygen atoms in total. The van der Waals surface area contributed by atoms with Crippen LogP contribution in [-0.4, -0.2) is 12.5 Å². The predicted molar refractivity (Wildman–Crippen MR) is 89.6 cm³/mol. The summed E-state index contributed by atoms with van der Waals surface area (Å²) in [4.78, 5) is 12.0. The topological polar surface area (TPSA) is 45.7 Å². The van der Waals surface area contributed by atoms with Crippen LogP contribution in [0.25, 0.3) is 0 Å². The molecule has 2 atom stereocenters. The minimum atomic E-state index is -0.665. The number of benzene rings is 2. The second-order valence-electron chi connectivity index (χ2n) is 5.74. The van der Waals surface area contributed by atoms with Gasteiger partial charge in [0.05, 0.1) is 6.04 Å². The first-order valence-electron chi connectivity index (χ1n) is 7.70. The molecule has 0 bridgehead atoms. The van der Waals surface area contributed by atoms with Crippen molar-refractivity contribution in [3.05, 3.63) is 70.2 Å². The van der Waals surface area contributed by atoms with Crippen LogP contribution in [0.2, 0.25) is 5.02 Å². The smallest absolute Gasteiger partial charge is 0.275 e. The van der Waals surface area contributed by atoms with Gasteiger partial charge in [0.1, 0.15) is 17.7 Å². The average molecular weight is 354 g/mol. The van der Waals surface area contributed by atoms with E-state index < -0.39 is 17.7 Å². The number of nitrogens with one attached hydrogen (secondary N) is 1. The number of halogens is 3. The van der Waals surface area contributed by atoms with Crippen LogP contribution >= 0.6 is 11.6 Å². The maximum Gasteiger partial charge on any atom is 0.275 e. The molecule has 0 aliphatic rings. The molecule has 128 valence electrons. The summed E-state index contributed by atoms with van der Waals surface area (Å²) in [6.07, 6.45) is 0. The molecule has 0 heterocycles. The first kappa shape index (κ1) is 18.4. The Labute approximate surface area is 145 Å². The highest BCUT2D eigenvalue weighted by atomic mass is 35.5. The average Bonchev–Trinajstić information content (AvgIpc) is 2.53. The molecule has 24 heavy (non-hydrogen) atoms. The van der Waals surface area contributed by atoms with E-state index in [-0.39, 0.29) is 24.1 Å². The highest BCUT2D eigenvalue weighted by Crippen LogP contribution is 2.17. The Hall–Kier alpha value is -1.98. The first-order chi connectivity index (χ1) is 11.4. The van der Waals surface area contributed by atoms with Gasteiger partial charge in [0.2, 0.25) is 0 Å². The molecule has 0 saturated heterocycles. The summed E-state index contributed by atoms with van der Waals surface area (Å²) in [6, 6.07) is 10.3. The molecule has 0 radical (unpaired) electrons. The van der Waals surface area contributed by atoms with Crippen molar-refractivity contribution in [1.82, 2.24) is 5.32 Å². The van der Waals surface area contributed by atoms with Gasteiger partial charge in [0.25, 0.3) is 5.91 Å². The Morgan fingerprint density at radius 2 is 1.83 bits per heavy atom. The number of rotatable bonds is 6. The van der Waals surface area contributed by atoms with E-state index in [0.717, 1.165) is 11.6 Å². The van der Waals surface area contributed by atoms with Crippen molar-refractivity contribution in [3.63, 3.8) is 0 Å². The Kier molecular flexibility index (Phi) is 6.29. The number of hydrogen-bond acceptors (Lipinski definition) is 1. The van der Waals surface area contributed by atoms with Gasteiger partial charge in [-0.2, -0.15) is 0 Å². The molecule has 0 aromatic heterocycles. The Morgan fingerprint density at radius 3 is 2.46 bits per heavy atom. The highest BCUT2D eigenvalue weighted by molar-refractivity contribution is 6.30. The van der Waals surface area contributed by atoms with Gasteiger partial charge in [-0.05, 0) is 32.0 Å². The number of quaternary nitrogens is 1. The number of nitrogens with two attached hydrogens (primary N) is 1. The van der Waals surface area contributed by atoms with Crippen LogP contribution in [0, 0.1) is 11.6 Å². The van der Waals surface area contributed by atoms with E-state index in [1.165, 1.54) is 12.1 Å². The summed E-state index contributed by atoms with van der Waals surface area (Å²) in [6.45, 7) is 3.85. The van der Waals surface area contributed by atoms with Gasteiger partial charge in [-0.1, -0.05) is 29.8 Å². The van der Waals surface area contributed by atoms with E-state index in [1.807, 2.05) is 24.4 Å². The molecule has 6 heteroatoms. The molecule has 1 amide bonds. The van der Waals surface area contributed by atoms with Crippen molar-refractivity contribution < 1.29 is 18.9 Å². The van der Waals surface area contributed by atoms with Crippen molar-refractivity contribution in [2.75, 3.05) is 6.54 Å². The van der Waals surface area contributed by atoms with Gasteiger partial charge in [0.15, 0.2) is 6.54 Å². The molecule has 0 spiro atoms. The summed E-state index contributed by atoms with van der Waals surface area (Å²) >= 11 is 5.85. The zero-order chi connectivity index (χ0) is 17.7. The highest BCUT2D eigenvalue weighted by Gasteiger charge is 2.16. The van der Waals surface area contributed by atoms with E-state index in [9.17, 15) is 13.6 Å². The quantitative estimate of drug-likeness (QED) is 0.823. The van der Waals surface area contributed by atoms with Gasteiger partial charge in [-0.15, -0.1) is 0 Å². The van der Waals surface area contributed by atoms with Crippen LogP contribution < -0.4 is 10.6 Å². The standard InChI is InChI=1S/C18H19ClF2N2O/c1-11(13-3-5-14(19)6-4-13)22-10-18(24)23-12(2)16-8-7-15(20)9-17(16)21/h3-9,11-12,22H,10H2,1-2H3,(H,23,24)/p+1/t11-,12-/m1/s1. The van der Waals surface area contributed by atoms with Gasteiger partial charge < -0.3 is 10.6 Å². The molecule has 0 aliphatic heterocycles. The maximum absolute atomic E-state index is 13.7. The third-order valence-corrected chi connectivity index (χ3v) is 4.11. The third kappa shape index (κ3) is 5.01. The molecule has 3 N–H and O–H groups in total. The molecule has 2 aromatic rings. The lowest BCUT2D eigenvalue weighted by molar-refractivity contribution is -0.682. The molecule has 0 unspecified atom stereocenters. The molecule has 2 aromatic carbocycles. The zero-order valence-corrected chi connectivity index (χ0v) is 14.3. The second-order valence-corrected chi connectivity index (χ2v) is 6.17. The number of hydrogen-bond donors (Lipinski definition) is 2. The van der Waals surface area contributed by atoms with E-state index in [1.54, 1.807) is 19.1 Å². The van der Waals surface area contributed by atoms with E-state index >= 15 is 0 Å². The van der Waals surface area contributed by atoms with Gasteiger partial charge in [-0.25, -0.2) is 8.78 Å². The Balaban J connectivity index is 1.87. The van der Waals surface area contributed by atoms with Crippen molar-refractivity contribution in [2.24, 2.45) is 0 Å². The van der Waals surface area contributed by atoms with Gasteiger partial charge >= 0.3 is 0 Å². The van der Waals surface area contributed by atoms with Crippen molar-refractivity contribution in [3.8, 4) is 0 Å². The maximum atomic E-state index is 13.7. The summed E-state index contributed by atoms with van der Waals surface area (Å²) < 4.78 is 26.6. The SMILES string of the molecule is C[C@@H](NC(=O)C[NH2+][C@H](C)c1ccc(Cl)cc1)c1ccc(F)cc1F. The Bertz CT molecular complexity index is 707. The first-order valence-corrected chi connectivity index (χ1v) is 8.07. The van der Waals surface area contributed by atoms with Crippen LogP contribution in [0.15, 0.2) is 42.5 Å².